The molecule has 0 unspecified atom stereocenters. The highest BCUT2D eigenvalue weighted by Gasteiger charge is 2.21. The predicted octanol–water partition coefficient (Wildman–Crippen LogP) is 1.35. The Balaban J connectivity index is 2.29. The van der Waals surface area contributed by atoms with E-state index in [2.05, 4.69) is 10.6 Å². The molecule has 0 aliphatic carbocycles. The molecule has 0 atom stereocenters. The largest absolute Gasteiger partial charge is 0.326 e. The van der Waals surface area contributed by atoms with Gasteiger partial charge in [-0.15, -0.1) is 0 Å². The maximum absolute atomic E-state index is 12.4. The Kier molecular flexibility index (Phi) is 6.72. The van der Waals surface area contributed by atoms with E-state index < -0.39 is 47.5 Å². The first-order chi connectivity index (χ1) is 13.8. The van der Waals surface area contributed by atoms with Gasteiger partial charge in [-0.1, -0.05) is 0 Å². The Labute approximate surface area is 171 Å². The molecule has 0 aliphatic rings. The minimum Gasteiger partial charge on any atom is -0.326 e. The van der Waals surface area contributed by atoms with E-state index in [0.29, 0.717) is 17.8 Å². The molecular weight excluding hydrogens is 440 g/mol. The summed E-state index contributed by atoms with van der Waals surface area (Å²) >= 11 is 0. The lowest BCUT2D eigenvalue weighted by Crippen LogP contribution is -2.16. The van der Waals surface area contributed by atoms with Crippen LogP contribution in [-0.2, 0) is 29.8 Å². The molecule has 0 saturated carbocycles. The molecule has 2 amide bonds. The van der Waals surface area contributed by atoms with E-state index in [1.807, 2.05) is 0 Å². The summed E-state index contributed by atoms with van der Waals surface area (Å²) in [5.74, 6) is -1.74. The fraction of sp³-hybridized carbons (Fsp3) is 0.118. The molecule has 0 aliphatic heterocycles. The van der Waals surface area contributed by atoms with Crippen LogP contribution in [0.1, 0.15) is 23.7 Å². The van der Waals surface area contributed by atoms with Gasteiger partial charge in [-0.05, 0) is 49.4 Å². The minimum atomic E-state index is -4.82. The van der Waals surface area contributed by atoms with E-state index in [1.54, 1.807) is 0 Å². The first-order valence-electron chi connectivity index (χ1n) is 8.07. The van der Waals surface area contributed by atoms with Gasteiger partial charge in [0.25, 0.3) is 26.1 Å². The molecule has 0 saturated heterocycles. The summed E-state index contributed by atoms with van der Waals surface area (Å²) in [6.07, 6.45) is -0.315. The van der Waals surface area contributed by atoms with Crippen LogP contribution in [0.4, 0.5) is 11.4 Å². The molecule has 2 aromatic carbocycles. The highest BCUT2D eigenvalue weighted by molar-refractivity contribution is 7.86. The van der Waals surface area contributed by atoms with Gasteiger partial charge in [0.1, 0.15) is 10.7 Å². The van der Waals surface area contributed by atoms with Crippen molar-refractivity contribution in [2.75, 3.05) is 10.6 Å². The SMILES string of the molecule is CC(=O)CC(=O)Nc1ccc(C(=O)Nc2cc(S(=O)(=O)O)ccc2S(=O)(=O)O)cc1. The second-order valence-corrected chi connectivity index (χ2v) is 8.88. The third kappa shape index (κ3) is 6.18. The Morgan fingerprint density at radius 2 is 1.47 bits per heavy atom. The summed E-state index contributed by atoms with van der Waals surface area (Å²) in [4.78, 5) is 33.4. The molecule has 0 heterocycles. The zero-order valence-electron chi connectivity index (χ0n) is 15.3. The minimum absolute atomic E-state index is 0.00175. The van der Waals surface area contributed by atoms with E-state index >= 15 is 0 Å². The van der Waals surface area contributed by atoms with Crippen molar-refractivity contribution in [3.8, 4) is 0 Å². The molecule has 2 rings (SSSR count). The summed E-state index contributed by atoms with van der Waals surface area (Å²) in [7, 11) is -9.53. The second kappa shape index (κ2) is 8.71. The number of carbonyl (C=O) groups excluding carboxylic acids is 3. The van der Waals surface area contributed by atoms with Gasteiger partial charge < -0.3 is 10.6 Å². The third-order valence-electron chi connectivity index (χ3n) is 3.62. The Hall–Kier alpha value is -3.13. The molecule has 0 spiro atoms. The third-order valence-corrected chi connectivity index (χ3v) is 5.38. The van der Waals surface area contributed by atoms with Crippen LogP contribution in [0, 0.1) is 0 Å². The van der Waals surface area contributed by atoms with Crippen molar-refractivity contribution in [2.24, 2.45) is 0 Å². The topological polar surface area (TPSA) is 184 Å². The highest BCUT2D eigenvalue weighted by Crippen LogP contribution is 2.25. The number of hydrogen-bond donors (Lipinski definition) is 4. The summed E-state index contributed by atoms with van der Waals surface area (Å²) in [5, 5.41) is 4.59. The van der Waals surface area contributed by atoms with Gasteiger partial charge in [-0.25, -0.2) is 0 Å². The monoisotopic (exact) mass is 456 g/mol. The van der Waals surface area contributed by atoms with Crippen LogP contribution < -0.4 is 10.6 Å². The van der Waals surface area contributed by atoms with Crippen molar-refractivity contribution in [1.82, 2.24) is 0 Å². The van der Waals surface area contributed by atoms with Gasteiger partial charge in [0.05, 0.1) is 17.0 Å². The van der Waals surface area contributed by atoms with Crippen LogP contribution in [-0.4, -0.2) is 43.5 Å². The van der Waals surface area contributed by atoms with E-state index in [0.717, 1.165) is 6.07 Å². The molecule has 0 aromatic heterocycles. The van der Waals surface area contributed by atoms with Crippen LogP contribution in [0.5, 0.6) is 0 Å². The molecule has 0 fully saturated rings. The van der Waals surface area contributed by atoms with Crippen LogP contribution >= 0.6 is 0 Å². The number of benzene rings is 2. The van der Waals surface area contributed by atoms with Gasteiger partial charge in [-0.2, -0.15) is 16.8 Å². The maximum atomic E-state index is 12.4. The lowest BCUT2D eigenvalue weighted by Gasteiger charge is -2.11. The molecule has 0 radical (unpaired) electrons. The standard InChI is InChI=1S/C17H16N2O9S2/c1-10(20)8-16(21)18-12-4-2-11(3-5-12)17(22)19-14-9-13(29(23,24)25)6-7-15(14)30(26,27)28/h2-7,9H,8H2,1H3,(H,18,21)(H,19,22)(H,23,24,25)(H,26,27,28). The fourth-order valence-corrected chi connectivity index (χ4v) is 3.46. The van der Waals surface area contributed by atoms with Crippen molar-refractivity contribution in [2.45, 2.75) is 23.1 Å². The lowest BCUT2D eigenvalue weighted by molar-refractivity contribution is -0.124. The fourth-order valence-electron chi connectivity index (χ4n) is 2.32. The van der Waals surface area contributed by atoms with Crippen LogP contribution in [0.25, 0.3) is 0 Å². The Morgan fingerprint density at radius 3 is 1.97 bits per heavy atom. The molecule has 11 nitrogen and oxygen atoms in total. The molecule has 0 bridgehead atoms. The molecule has 160 valence electrons. The molecule has 13 heteroatoms. The average molecular weight is 456 g/mol. The van der Waals surface area contributed by atoms with Gasteiger partial charge in [0.15, 0.2) is 0 Å². The second-order valence-electron chi connectivity index (χ2n) is 6.07. The van der Waals surface area contributed by atoms with Crippen LogP contribution in [0.15, 0.2) is 52.3 Å². The zero-order chi connectivity index (χ0) is 22.7. The van der Waals surface area contributed by atoms with E-state index in [1.165, 1.54) is 31.2 Å². The van der Waals surface area contributed by atoms with Crippen LogP contribution in [0.3, 0.4) is 0 Å². The van der Waals surface area contributed by atoms with Gasteiger partial charge in [-0.3, -0.25) is 23.5 Å². The van der Waals surface area contributed by atoms with Gasteiger partial charge >= 0.3 is 0 Å². The van der Waals surface area contributed by atoms with Gasteiger partial charge in [0, 0.05) is 11.3 Å². The first-order valence-corrected chi connectivity index (χ1v) is 10.9. The molecule has 30 heavy (non-hydrogen) atoms. The number of hydrogen-bond acceptors (Lipinski definition) is 7. The lowest BCUT2D eigenvalue weighted by atomic mass is 10.2. The predicted molar refractivity (Wildman–Crippen MR) is 104 cm³/mol. The number of nitrogens with one attached hydrogen (secondary N) is 2. The molecule has 4 N–H and O–H groups in total. The van der Waals surface area contributed by atoms with E-state index in [9.17, 15) is 35.8 Å². The average Bonchev–Trinajstić information content (AvgIpc) is 2.59. The van der Waals surface area contributed by atoms with Crippen molar-refractivity contribution in [1.29, 1.82) is 0 Å². The summed E-state index contributed by atoms with van der Waals surface area (Å²) < 4.78 is 63.9. The van der Waals surface area contributed by atoms with Crippen molar-refractivity contribution >= 4 is 49.2 Å². The van der Waals surface area contributed by atoms with Crippen molar-refractivity contribution in [3.63, 3.8) is 0 Å². The van der Waals surface area contributed by atoms with E-state index in [4.69, 9.17) is 4.55 Å². The number of Topliss-reactive ketones (excluding diaryl/α,β-unsaturated/α-hetero) is 1. The van der Waals surface area contributed by atoms with Crippen LogP contribution in [0.2, 0.25) is 0 Å². The zero-order valence-corrected chi connectivity index (χ0v) is 17.0. The number of rotatable bonds is 7. The summed E-state index contributed by atoms with van der Waals surface area (Å²) in [6, 6.07) is 7.38. The summed E-state index contributed by atoms with van der Waals surface area (Å²) in [6.45, 7) is 1.25. The maximum Gasteiger partial charge on any atom is 0.296 e. The van der Waals surface area contributed by atoms with Gasteiger partial charge in [0.2, 0.25) is 5.91 Å². The number of carbonyl (C=O) groups is 3. The highest BCUT2D eigenvalue weighted by atomic mass is 32.2. The summed E-state index contributed by atoms with van der Waals surface area (Å²) in [5.41, 5.74) is -0.278. The molecular formula is C17H16N2O9S2. The Morgan fingerprint density at radius 1 is 0.867 bits per heavy atom. The normalized spacial score (nSPS) is 11.6. The number of ketones is 1. The number of amides is 2. The smallest absolute Gasteiger partial charge is 0.296 e. The first kappa shape index (κ1) is 23.2. The molecule has 2 aromatic rings. The van der Waals surface area contributed by atoms with Crippen molar-refractivity contribution < 1.29 is 40.3 Å². The Bertz CT molecular complexity index is 1220. The van der Waals surface area contributed by atoms with Crippen molar-refractivity contribution in [3.05, 3.63) is 48.0 Å². The quantitative estimate of drug-likeness (QED) is 0.353. The number of anilines is 2. The van der Waals surface area contributed by atoms with E-state index in [-0.39, 0.29) is 17.8 Å².